The van der Waals surface area contributed by atoms with Crippen LogP contribution in [-0.2, 0) is 14.3 Å². The third-order valence-electron chi connectivity index (χ3n) is 9.49. The molecule has 1 fully saturated rings. The van der Waals surface area contributed by atoms with Crippen molar-refractivity contribution in [1.82, 2.24) is 10.6 Å². The predicted octanol–water partition coefficient (Wildman–Crippen LogP) is 6.98. The fraction of sp³-hybridized carbons (Fsp3) is 0.205. The molecule has 0 saturated carbocycles. The van der Waals surface area contributed by atoms with Gasteiger partial charge in [0.15, 0.2) is 0 Å². The molecule has 4 unspecified atom stereocenters. The second-order valence-electron chi connectivity index (χ2n) is 12.1. The molecule has 7 rings (SSSR count). The van der Waals surface area contributed by atoms with Crippen molar-refractivity contribution in [1.29, 1.82) is 0 Å². The SMILES string of the molecule is O=C(NC1C(=O)NC(C(=O)O)C(c2ccccc2)CCC1c1ccc2ccccc2c1)OCC1c2ccccc2-c2ccccc21. The van der Waals surface area contributed by atoms with Crippen LogP contribution in [0.2, 0.25) is 0 Å². The van der Waals surface area contributed by atoms with Crippen molar-refractivity contribution < 1.29 is 24.2 Å². The Balaban J connectivity index is 1.18. The molecule has 0 radical (unpaired) electrons. The number of hydrogen-bond donors (Lipinski definition) is 3. The van der Waals surface area contributed by atoms with Crippen molar-refractivity contribution in [2.75, 3.05) is 6.61 Å². The molecular weight excluding hydrogens is 576 g/mol. The van der Waals surface area contributed by atoms with E-state index in [1.807, 2.05) is 97.1 Å². The standard InChI is InChI=1S/C39H34N2O5/c42-37-35(41-39(45)46-23-34-32-16-8-6-14-30(32)31-15-7-9-17-33(31)34)29(27-19-18-24-10-4-5-13-26(24)22-27)21-20-28(36(40-37)38(43)44)25-11-2-1-3-12-25/h1-19,22,28-29,34-36H,20-21,23H2,(H,40,42)(H,41,45)(H,43,44). The average molecular weight is 611 g/mol. The number of carboxylic acids is 1. The van der Waals surface area contributed by atoms with Crippen LogP contribution in [0.5, 0.6) is 0 Å². The van der Waals surface area contributed by atoms with Crippen LogP contribution < -0.4 is 10.6 Å². The first-order chi connectivity index (χ1) is 22.5. The van der Waals surface area contributed by atoms with Gasteiger partial charge in [0.2, 0.25) is 5.91 Å². The van der Waals surface area contributed by atoms with Crippen LogP contribution in [0.3, 0.4) is 0 Å². The van der Waals surface area contributed by atoms with Gasteiger partial charge in [0.1, 0.15) is 18.7 Å². The quantitative estimate of drug-likeness (QED) is 0.193. The van der Waals surface area contributed by atoms with Gasteiger partial charge in [0, 0.05) is 17.8 Å². The second-order valence-corrected chi connectivity index (χ2v) is 12.1. The third-order valence-corrected chi connectivity index (χ3v) is 9.49. The summed E-state index contributed by atoms with van der Waals surface area (Å²) in [5, 5.41) is 17.9. The van der Waals surface area contributed by atoms with Crippen molar-refractivity contribution in [3.63, 3.8) is 0 Å². The van der Waals surface area contributed by atoms with Crippen molar-refractivity contribution in [2.45, 2.75) is 42.7 Å². The Morgan fingerprint density at radius 1 is 0.717 bits per heavy atom. The molecule has 0 spiro atoms. The normalized spacial score (nSPS) is 20.9. The summed E-state index contributed by atoms with van der Waals surface area (Å²) in [7, 11) is 0. The topological polar surface area (TPSA) is 105 Å². The number of amides is 2. The maximum Gasteiger partial charge on any atom is 0.407 e. The Bertz CT molecular complexity index is 1880. The van der Waals surface area contributed by atoms with Gasteiger partial charge in [-0.1, -0.05) is 121 Å². The molecule has 2 aliphatic rings. The van der Waals surface area contributed by atoms with E-state index < -0.39 is 41.9 Å². The van der Waals surface area contributed by atoms with E-state index in [1.54, 1.807) is 0 Å². The molecule has 5 aromatic carbocycles. The summed E-state index contributed by atoms with van der Waals surface area (Å²) < 4.78 is 5.84. The molecule has 0 aromatic heterocycles. The minimum atomic E-state index is -1.15. The van der Waals surface area contributed by atoms with Crippen molar-refractivity contribution in [3.8, 4) is 11.1 Å². The van der Waals surface area contributed by atoms with E-state index in [-0.39, 0.29) is 12.5 Å². The number of hydrogen-bond acceptors (Lipinski definition) is 4. The minimum absolute atomic E-state index is 0.0999. The Hall–Kier alpha value is -5.43. The number of benzene rings is 5. The van der Waals surface area contributed by atoms with E-state index in [0.717, 1.165) is 44.2 Å². The molecule has 7 nitrogen and oxygen atoms in total. The molecule has 46 heavy (non-hydrogen) atoms. The van der Waals surface area contributed by atoms with Gasteiger partial charge < -0.3 is 20.5 Å². The number of carbonyl (C=O) groups is 3. The van der Waals surface area contributed by atoms with E-state index in [9.17, 15) is 19.5 Å². The highest BCUT2D eigenvalue weighted by molar-refractivity contribution is 5.91. The predicted molar refractivity (Wildman–Crippen MR) is 177 cm³/mol. The summed E-state index contributed by atoms with van der Waals surface area (Å²) >= 11 is 0. The van der Waals surface area contributed by atoms with Gasteiger partial charge in [0.05, 0.1) is 0 Å². The molecule has 5 aromatic rings. The average Bonchev–Trinajstić information content (AvgIpc) is 3.40. The van der Waals surface area contributed by atoms with Crippen LogP contribution >= 0.6 is 0 Å². The Morgan fingerprint density at radius 3 is 2.02 bits per heavy atom. The minimum Gasteiger partial charge on any atom is -0.480 e. The molecule has 4 atom stereocenters. The summed E-state index contributed by atoms with van der Waals surface area (Å²) in [6.45, 7) is 0.0999. The largest absolute Gasteiger partial charge is 0.480 e. The number of carboxylic acid groups (broad SMARTS) is 1. The molecule has 230 valence electrons. The highest BCUT2D eigenvalue weighted by Gasteiger charge is 2.41. The maximum atomic E-state index is 14.0. The number of alkyl carbamates (subject to hydrolysis) is 1. The van der Waals surface area contributed by atoms with Crippen LogP contribution in [-0.4, -0.2) is 41.8 Å². The zero-order valence-electron chi connectivity index (χ0n) is 25.1. The zero-order chi connectivity index (χ0) is 31.6. The number of carbonyl (C=O) groups excluding carboxylic acids is 2. The number of ether oxygens (including phenoxy) is 1. The van der Waals surface area contributed by atoms with Crippen LogP contribution in [0.25, 0.3) is 21.9 Å². The summed E-state index contributed by atoms with van der Waals surface area (Å²) in [4.78, 5) is 40.0. The van der Waals surface area contributed by atoms with Crippen molar-refractivity contribution >= 4 is 28.7 Å². The van der Waals surface area contributed by atoms with Gasteiger partial charge in [0.25, 0.3) is 0 Å². The third kappa shape index (κ3) is 5.60. The molecule has 0 bridgehead atoms. The van der Waals surface area contributed by atoms with Crippen LogP contribution in [0.1, 0.15) is 52.8 Å². The van der Waals surface area contributed by atoms with E-state index in [2.05, 4.69) is 34.9 Å². The van der Waals surface area contributed by atoms with Crippen molar-refractivity contribution in [2.24, 2.45) is 0 Å². The van der Waals surface area contributed by atoms with Gasteiger partial charge in [-0.15, -0.1) is 0 Å². The Labute approximate surface area is 267 Å². The molecule has 3 N–H and O–H groups in total. The molecule has 1 heterocycles. The molecule has 1 aliphatic carbocycles. The molecular formula is C39H34N2O5. The fourth-order valence-electron chi connectivity index (χ4n) is 7.24. The number of rotatable bonds is 6. The van der Waals surface area contributed by atoms with E-state index in [4.69, 9.17) is 4.74 Å². The van der Waals surface area contributed by atoms with E-state index in [0.29, 0.717) is 12.8 Å². The number of aliphatic carboxylic acids is 1. The lowest BCUT2D eigenvalue weighted by atomic mass is 9.78. The number of nitrogens with one attached hydrogen (secondary N) is 2. The first-order valence-corrected chi connectivity index (χ1v) is 15.7. The lowest BCUT2D eigenvalue weighted by Crippen LogP contribution is -2.57. The Morgan fingerprint density at radius 2 is 1.33 bits per heavy atom. The number of fused-ring (bicyclic) bond motifs is 4. The van der Waals surface area contributed by atoms with E-state index >= 15 is 0 Å². The first-order valence-electron chi connectivity index (χ1n) is 15.7. The fourth-order valence-corrected chi connectivity index (χ4v) is 7.24. The Kier molecular flexibility index (Phi) is 7.97. The van der Waals surface area contributed by atoms with Gasteiger partial charge in [-0.2, -0.15) is 0 Å². The molecule has 7 heteroatoms. The zero-order valence-corrected chi connectivity index (χ0v) is 25.1. The first kappa shape index (κ1) is 29.3. The summed E-state index contributed by atoms with van der Waals surface area (Å²) in [6.07, 6.45) is 0.241. The molecule has 1 aliphatic heterocycles. The van der Waals surface area contributed by atoms with Crippen LogP contribution in [0.15, 0.2) is 121 Å². The summed E-state index contributed by atoms with van der Waals surface area (Å²) in [5.74, 6) is -2.68. The van der Waals surface area contributed by atoms with Crippen LogP contribution in [0, 0.1) is 0 Å². The van der Waals surface area contributed by atoms with Gasteiger partial charge >= 0.3 is 12.1 Å². The highest BCUT2D eigenvalue weighted by atomic mass is 16.5. The maximum absolute atomic E-state index is 14.0. The monoisotopic (exact) mass is 610 g/mol. The van der Waals surface area contributed by atoms with Crippen molar-refractivity contribution in [3.05, 3.63) is 144 Å². The summed E-state index contributed by atoms with van der Waals surface area (Å²) in [6, 6.07) is 37.4. The van der Waals surface area contributed by atoms with Gasteiger partial charge in [-0.25, -0.2) is 9.59 Å². The second kappa shape index (κ2) is 12.5. The van der Waals surface area contributed by atoms with Crippen LogP contribution in [0.4, 0.5) is 4.79 Å². The lowest BCUT2D eigenvalue weighted by Gasteiger charge is -2.35. The molecule has 2 amide bonds. The van der Waals surface area contributed by atoms with E-state index in [1.165, 1.54) is 0 Å². The van der Waals surface area contributed by atoms with Gasteiger partial charge in [-0.3, -0.25) is 4.79 Å². The van der Waals surface area contributed by atoms with Gasteiger partial charge in [-0.05, 0) is 57.0 Å². The smallest absolute Gasteiger partial charge is 0.407 e. The highest BCUT2D eigenvalue weighted by Crippen LogP contribution is 2.44. The summed E-state index contributed by atoms with van der Waals surface area (Å²) in [5.41, 5.74) is 6.15. The molecule has 1 saturated heterocycles. The lowest BCUT2D eigenvalue weighted by molar-refractivity contribution is -0.143.